The third kappa shape index (κ3) is 2.50. The van der Waals surface area contributed by atoms with Gasteiger partial charge in [0.05, 0.1) is 5.69 Å². The van der Waals surface area contributed by atoms with E-state index in [1.807, 2.05) is 19.1 Å². The Hall–Kier alpha value is -1.77. The van der Waals surface area contributed by atoms with E-state index in [-0.39, 0.29) is 5.75 Å². The molecule has 3 rings (SSSR count). The number of phenols is 1. The Morgan fingerprint density at radius 2 is 1.89 bits per heavy atom. The van der Waals surface area contributed by atoms with E-state index in [0.29, 0.717) is 0 Å². The van der Waals surface area contributed by atoms with Crippen molar-refractivity contribution in [3.05, 3.63) is 35.5 Å². The molecule has 1 aromatic carbocycles. The molecule has 1 saturated carbocycles. The van der Waals surface area contributed by atoms with Gasteiger partial charge in [0.25, 0.3) is 0 Å². The van der Waals surface area contributed by atoms with E-state index in [1.54, 1.807) is 12.1 Å². The molecule has 0 amide bonds. The molecule has 100 valence electrons. The van der Waals surface area contributed by atoms with Gasteiger partial charge in [0, 0.05) is 11.1 Å². The van der Waals surface area contributed by atoms with E-state index in [9.17, 15) is 5.11 Å². The lowest BCUT2D eigenvalue weighted by molar-refractivity contribution is 0.426. The molecule has 1 aliphatic carbocycles. The van der Waals surface area contributed by atoms with Gasteiger partial charge in [0.1, 0.15) is 5.75 Å². The summed E-state index contributed by atoms with van der Waals surface area (Å²) < 4.78 is 5.50. The van der Waals surface area contributed by atoms with Crippen LogP contribution in [0.2, 0.25) is 0 Å². The zero-order chi connectivity index (χ0) is 13.2. The number of phenolic OH excluding ortho intramolecular Hbond substituents is 1. The average Bonchev–Trinajstić information content (AvgIpc) is 3.03. The normalized spacial score (nSPS) is 16.1. The molecule has 0 spiro atoms. The van der Waals surface area contributed by atoms with E-state index in [0.717, 1.165) is 29.4 Å². The Labute approximate surface area is 113 Å². The predicted octanol–water partition coefficient (Wildman–Crippen LogP) is 4.09. The van der Waals surface area contributed by atoms with Gasteiger partial charge in [-0.15, -0.1) is 0 Å². The zero-order valence-electron chi connectivity index (χ0n) is 11.2. The van der Waals surface area contributed by atoms with Gasteiger partial charge in [-0.1, -0.05) is 30.8 Å². The third-order valence-corrected chi connectivity index (χ3v) is 4.08. The Morgan fingerprint density at radius 3 is 2.58 bits per heavy atom. The maximum absolute atomic E-state index is 9.36. The van der Waals surface area contributed by atoms with Crippen molar-refractivity contribution in [2.75, 3.05) is 0 Å². The van der Waals surface area contributed by atoms with Crippen molar-refractivity contribution in [1.82, 2.24) is 5.16 Å². The van der Waals surface area contributed by atoms with Crippen molar-refractivity contribution in [2.24, 2.45) is 5.92 Å². The summed E-state index contributed by atoms with van der Waals surface area (Å²) in [5, 5.41) is 13.5. The number of hydrogen-bond acceptors (Lipinski definition) is 3. The maximum atomic E-state index is 9.36. The van der Waals surface area contributed by atoms with Crippen LogP contribution >= 0.6 is 0 Å². The van der Waals surface area contributed by atoms with Crippen molar-refractivity contribution in [2.45, 2.75) is 39.0 Å². The number of benzene rings is 1. The van der Waals surface area contributed by atoms with Crippen LogP contribution in [-0.2, 0) is 6.42 Å². The fourth-order valence-corrected chi connectivity index (χ4v) is 2.97. The quantitative estimate of drug-likeness (QED) is 0.900. The monoisotopic (exact) mass is 257 g/mol. The highest BCUT2D eigenvalue weighted by molar-refractivity contribution is 5.62. The van der Waals surface area contributed by atoms with Gasteiger partial charge in [0.15, 0.2) is 5.76 Å². The molecular formula is C16H19NO2. The molecule has 0 atom stereocenters. The van der Waals surface area contributed by atoms with Crippen LogP contribution < -0.4 is 0 Å². The standard InChI is InChI=1S/C16H19NO2/c1-11-15(10-12-4-2-3-5-12)16(19-17-11)13-6-8-14(18)9-7-13/h6-9,12,18H,2-5,10H2,1H3. The molecule has 1 heterocycles. The molecule has 0 saturated heterocycles. The first-order chi connectivity index (χ1) is 9.24. The molecular weight excluding hydrogens is 238 g/mol. The third-order valence-electron chi connectivity index (χ3n) is 4.08. The maximum Gasteiger partial charge on any atom is 0.170 e. The summed E-state index contributed by atoms with van der Waals surface area (Å²) in [6, 6.07) is 7.14. The van der Waals surface area contributed by atoms with Gasteiger partial charge >= 0.3 is 0 Å². The fraction of sp³-hybridized carbons (Fsp3) is 0.438. The van der Waals surface area contributed by atoms with Crippen molar-refractivity contribution < 1.29 is 9.63 Å². The molecule has 1 fully saturated rings. The minimum Gasteiger partial charge on any atom is -0.508 e. The first-order valence-electron chi connectivity index (χ1n) is 6.98. The highest BCUT2D eigenvalue weighted by atomic mass is 16.5. The second kappa shape index (κ2) is 5.08. The summed E-state index contributed by atoms with van der Waals surface area (Å²) in [5.74, 6) is 1.91. The Morgan fingerprint density at radius 1 is 1.21 bits per heavy atom. The van der Waals surface area contributed by atoms with Crippen LogP contribution in [0.5, 0.6) is 5.75 Å². The molecule has 1 aromatic heterocycles. The first-order valence-corrected chi connectivity index (χ1v) is 6.98. The summed E-state index contributed by atoms with van der Waals surface area (Å²) >= 11 is 0. The van der Waals surface area contributed by atoms with E-state index < -0.39 is 0 Å². The van der Waals surface area contributed by atoms with Crippen LogP contribution in [-0.4, -0.2) is 10.3 Å². The molecule has 2 aromatic rings. The molecule has 0 aliphatic heterocycles. The smallest absolute Gasteiger partial charge is 0.170 e. The molecule has 1 aliphatic rings. The summed E-state index contributed by atoms with van der Waals surface area (Å²) in [6.45, 7) is 2.01. The number of hydrogen-bond donors (Lipinski definition) is 1. The lowest BCUT2D eigenvalue weighted by Gasteiger charge is -2.09. The lowest BCUT2D eigenvalue weighted by atomic mass is 9.95. The van der Waals surface area contributed by atoms with Crippen LogP contribution in [0.1, 0.15) is 36.9 Å². The number of aromatic nitrogens is 1. The van der Waals surface area contributed by atoms with Gasteiger partial charge in [-0.25, -0.2) is 0 Å². The van der Waals surface area contributed by atoms with Crippen molar-refractivity contribution in [1.29, 1.82) is 0 Å². The topological polar surface area (TPSA) is 46.3 Å². The zero-order valence-corrected chi connectivity index (χ0v) is 11.2. The summed E-state index contributed by atoms with van der Waals surface area (Å²) in [5.41, 5.74) is 3.22. The summed E-state index contributed by atoms with van der Waals surface area (Å²) in [4.78, 5) is 0. The predicted molar refractivity (Wildman–Crippen MR) is 74.0 cm³/mol. The molecule has 0 radical (unpaired) electrons. The van der Waals surface area contributed by atoms with E-state index in [4.69, 9.17) is 4.52 Å². The summed E-state index contributed by atoms with van der Waals surface area (Å²) in [7, 11) is 0. The van der Waals surface area contributed by atoms with E-state index in [1.165, 1.54) is 31.2 Å². The molecule has 3 heteroatoms. The number of aromatic hydroxyl groups is 1. The Kier molecular flexibility index (Phi) is 3.28. The average molecular weight is 257 g/mol. The van der Waals surface area contributed by atoms with E-state index in [2.05, 4.69) is 5.16 Å². The highest BCUT2D eigenvalue weighted by Crippen LogP contribution is 2.34. The summed E-state index contributed by atoms with van der Waals surface area (Å²) in [6.07, 6.45) is 6.40. The Bertz CT molecular complexity index is 551. The largest absolute Gasteiger partial charge is 0.508 e. The highest BCUT2D eigenvalue weighted by Gasteiger charge is 2.21. The van der Waals surface area contributed by atoms with Crippen molar-refractivity contribution in [3.63, 3.8) is 0 Å². The minimum absolute atomic E-state index is 0.275. The fourth-order valence-electron chi connectivity index (χ4n) is 2.97. The number of rotatable bonds is 3. The first kappa shape index (κ1) is 12.3. The molecule has 0 unspecified atom stereocenters. The van der Waals surface area contributed by atoms with Crippen LogP contribution in [0.25, 0.3) is 11.3 Å². The van der Waals surface area contributed by atoms with Crippen LogP contribution in [0, 0.1) is 12.8 Å². The molecule has 3 nitrogen and oxygen atoms in total. The number of nitrogens with zero attached hydrogens (tertiary/aromatic N) is 1. The number of aryl methyl sites for hydroxylation is 1. The van der Waals surface area contributed by atoms with Gasteiger partial charge in [0.2, 0.25) is 0 Å². The van der Waals surface area contributed by atoms with Crippen LogP contribution in [0.4, 0.5) is 0 Å². The van der Waals surface area contributed by atoms with Crippen molar-refractivity contribution in [3.8, 4) is 17.1 Å². The molecule has 19 heavy (non-hydrogen) atoms. The van der Waals surface area contributed by atoms with Crippen molar-refractivity contribution >= 4 is 0 Å². The van der Waals surface area contributed by atoms with Crippen LogP contribution in [0.3, 0.4) is 0 Å². The van der Waals surface area contributed by atoms with E-state index >= 15 is 0 Å². The second-order valence-electron chi connectivity index (χ2n) is 5.48. The lowest BCUT2D eigenvalue weighted by Crippen LogP contribution is -2.00. The SMILES string of the molecule is Cc1noc(-c2ccc(O)cc2)c1CC1CCCC1. The molecule has 1 N–H and O–H groups in total. The van der Waals surface area contributed by atoms with Gasteiger partial charge in [-0.2, -0.15) is 0 Å². The van der Waals surface area contributed by atoms with Crippen LogP contribution in [0.15, 0.2) is 28.8 Å². The van der Waals surface area contributed by atoms with Gasteiger partial charge < -0.3 is 9.63 Å². The second-order valence-corrected chi connectivity index (χ2v) is 5.48. The van der Waals surface area contributed by atoms with Gasteiger partial charge in [-0.05, 0) is 43.5 Å². The van der Waals surface area contributed by atoms with Gasteiger partial charge in [-0.3, -0.25) is 0 Å². The Balaban J connectivity index is 1.91. The molecule has 0 bridgehead atoms. The minimum atomic E-state index is 0.275.